The molecule has 19 heavy (non-hydrogen) atoms. The Morgan fingerprint density at radius 2 is 2.21 bits per heavy atom. The first-order chi connectivity index (χ1) is 9.22. The Morgan fingerprint density at radius 3 is 3.00 bits per heavy atom. The highest BCUT2D eigenvalue weighted by atomic mass is 79.9. The summed E-state index contributed by atoms with van der Waals surface area (Å²) in [5, 5.41) is 0. The number of ether oxygens (including phenoxy) is 1. The average Bonchev–Trinajstić information content (AvgIpc) is 2.92. The molecular weight excluding hydrogens is 308 g/mol. The number of carbonyl (C=O) groups is 1. The van der Waals surface area contributed by atoms with E-state index in [2.05, 4.69) is 28.1 Å². The number of hydrogen-bond donors (Lipinski definition) is 0. The maximum Gasteiger partial charge on any atom is 0.200 e. The summed E-state index contributed by atoms with van der Waals surface area (Å²) in [7, 11) is 0. The standard InChI is InChI=1S/C15H13BrO3/c16-12-4-3-10-9-19-13(7-11(10)6-12)8-14(17)15-2-1-5-18-15/h1-6,13H,7-9H2/t13-/m0/s1. The van der Waals surface area contributed by atoms with Crippen LogP contribution in [0.4, 0.5) is 0 Å². The maximum absolute atomic E-state index is 12.0. The van der Waals surface area contributed by atoms with Crippen molar-refractivity contribution in [2.75, 3.05) is 0 Å². The maximum atomic E-state index is 12.0. The van der Waals surface area contributed by atoms with Gasteiger partial charge in [-0.15, -0.1) is 0 Å². The summed E-state index contributed by atoms with van der Waals surface area (Å²) in [5.41, 5.74) is 2.45. The van der Waals surface area contributed by atoms with Crippen molar-refractivity contribution in [3.8, 4) is 0 Å². The Balaban J connectivity index is 1.70. The lowest BCUT2D eigenvalue weighted by Gasteiger charge is -2.24. The molecule has 0 bridgehead atoms. The van der Waals surface area contributed by atoms with Crippen molar-refractivity contribution in [3.63, 3.8) is 0 Å². The van der Waals surface area contributed by atoms with E-state index in [1.165, 1.54) is 17.4 Å². The first-order valence-corrected chi connectivity index (χ1v) is 6.97. The molecule has 3 rings (SSSR count). The molecule has 1 aromatic carbocycles. The number of carbonyl (C=O) groups excluding carboxylic acids is 1. The Labute approximate surface area is 119 Å². The molecule has 1 atom stereocenters. The van der Waals surface area contributed by atoms with Crippen LogP contribution in [-0.4, -0.2) is 11.9 Å². The number of Topliss-reactive ketones (excluding diaryl/α,β-unsaturated/α-hetero) is 1. The lowest BCUT2D eigenvalue weighted by molar-refractivity contribution is 0.0230. The summed E-state index contributed by atoms with van der Waals surface area (Å²) >= 11 is 3.47. The van der Waals surface area contributed by atoms with Gasteiger partial charge in [0.25, 0.3) is 0 Å². The Hall–Kier alpha value is -1.39. The predicted molar refractivity (Wildman–Crippen MR) is 74.1 cm³/mol. The molecule has 1 aliphatic rings. The topological polar surface area (TPSA) is 39.4 Å². The van der Waals surface area contributed by atoms with Gasteiger partial charge in [0.15, 0.2) is 5.76 Å². The number of furan rings is 1. The summed E-state index contributed by atoms with van der Waals surface area (Å²) in [6, 6.07) is 9.58. The molecule has 2 heterocycles. The molecule has 4 heteroatoms. The second-order valence-corrected chi connectivity index (χ2v) is 5.57. The zero-order chi connectivity index (χ0) is 13.2. The van der Waals surface area contributed by atoms with Gasteiger partial charge in [-0.3, -0.25) is 4.79 Å². The number of benzene rings is 1. The van der Waals surface area contributed by atoms with Crippen LogP contribution in [0.2, 0.25) is 0 Å². The van der Waals surface area contributed by atoms with Gasteiger partial charge in [0, 0.05) is 10.9 Å². The molecule has 0 radical (unpaired) electrons. The van der Waals surface area contributed by atoms with Gasteiger partial charge in [-0.05, 0) is 41.8 Å². The van der Waals surface area contributed by atoms with E-state index < -0.39 is 0 Å². The number of ketones is 1. The minimum atomic E-state index is -0.0700. The van der Waals surface area contributed by atoms with E-state index in [9.17, 15) is 4.79 Å². The second kappa shape index (κ2) is 5.31. The molecule has 1 aliphatic heterocycles. The lowest BCUT2D eigenvalue weighted by Crippen LogP contribution is -2.25. The predicted octanol–water partition coefficient (Wildman–Crippen LogP) is 3.76. The molecule has 0 spiro atoms. The second-order valence-electron chi connectivity index (χ2n) is 4.65. The highest BCUT2D eigenvalue weighted by Gasteiger charge is 2.23. The summed E-state index contributed by atoms with van der Waals surface area (Å²) in [6.45, 7) is 0.568. The van der Waals surface area contributed by atoms with Gasteiger partial charge >= 0.3 is 0 Å². The Bertz CT molecular complexity index is 589. The molecule has 3 nitrogen and oxygen atoms in total. The zero-order valence-electron chi connectivity index (χ0n) is 10.3. The van der Waals surface area contributed by atoms with Crippen LogP contribution in [0.1, 0.15) is 28.1 Å². The number of rotatable bonds is 3. The van der Waals surface area contributed by atoms with Crippen LogP contribution in [0.25, 0.3) is 0 Å². The molecule has 0 saturated heterocycles. The molecule has 0 amide bonds. The van der Waals surface area contributed by atoms with Crippen LogP contribution < -0.4 is 0 Å². The summed E-state index contributed by atoms with van der Waals surface area (Å²) in [6.07, 6.45) is 2.57. The van der Waals surface area contributed by atoms with Crippen molar-refractivity contribution < 1.29 is 13.9 Å². The molecule has 2 aromatic rings. The first-order valence-electron chi connectivity index (χ1n) is 6.18. The van der Waals surface area contributed by atoms with E-state index in [1.807, 2.05) is 6.07 Å². The van der Waals surface area contributed by atoms with Crippen LogP contribution in [0.3, 0.4) is 0 Å². The van der Waals surface area contributed by atoms with Gasteiger partial charge in [-0.2, -0.15) is 0 Å². The smallest absolute Gasteiger partial charge is 0.200 e. The van der Waals surface area contributed by atoms with E-state index in [0.717, 1.165) is 10.9 Å². The number of hydrogen-bond acceptors (Lipinski definition) is 3. The molecular formula is C15H13BrO3. The fourth-order valence-corrected chi connectivity index (χ4v) is 2.72. The van der Waals surface area contributed by atoms with E-state index in [1.54, 1.807) is 12.1 Å². The van der Waals surface area contributed by atoms with Crippen molar-refractivity contribution in [1.82, 2.24) is 0 Å². The van der Waals surface area contributed by atoms with Crippen molar-refractivity contribution >= 4 is 21.7 Å². The summed E-state index contributed by atoms with van der Waals surface area (Å²) < 4.78 is 11.9. The van der Waals surface area contributed by atoms with Crippen LogP contribution >= 0.6 is 15.9 Å². The fraction of sp³-hybridized carbons (Fsp3) is 0.267. The highest BCUT2D eigenvalue weighted by Crippen LogP contribution is 2.26. The van der Waals surface area contributed by atoms with Crippen molar-refractivity contribution in [1.29, 1.82) is 0 Å². The van der Waals surface area contributed by atoms with Crippen LogP contribution in [0, 0.1) is 0 Å². The van der Waals surface area contributed by atoms with Gasteiger partial charge in [0.05, 0.1) is 19.0 Å². The van der Waals surface area contributed by atoms with E-state index in [-0.39, 0.29) is 11.9 Å². The first kappa shape index (κ1) is 12.6. The van der Waals surface area contributed by atoms with Gasteiger partial charge in [-0.25, -0.2) is 0 Å². The highest BCUT2D eigenvalue weighted by molar-refractivity contribution is 9.10. The molecule has 0 fully saturated rings. The van der Waals surface area contributed by atoms with E-state index >= 15 is 0 Å². The number of fused-ring (bicyclic) bond motifs is 1. The van der Waals surface area contributed by atoms with Crippen molar-refractivity contribution in [2.24, 2.45) is 0 Å². The summed E-state index contributed by atoms with van der Waals surface area (Å²) in [4.78, 5) is 12.0. The zero-order valence-corrected chi connectivity index (χ0v) is 11.9. The Kier molecular flexibility index (Phi) is 3.53. The van der Waals surface area contributed by atoms with Crippen LogP contribution in [0.15, 0.2) is 45.5 Å². The summed E-state index contributed by atoms with van der Waals surface area (Å²) in [5.74, 6) is 0.400. The molecule has 98 valence electrons. The largest absolute Gasteiger partial charge is 0.461 e. The fourth-order valence-electron chi connectivity index (χ4n) is 2.31. The van der Waals surface area contributed by atoms with Crippen LogP contribution in [-0.2, 0) is 17.8 Å². The monoisotopic (exact) mass is 320 g/mol. The molecule has 0 aliphatic carbocycles. The van der Waals surface area contributed by atoms with Gasteiger partial charge in [-0.1, -0.05) is 22.0 Å². The van der Waals surface area contributed by atoms with Crippen LogP contribution in [0.5, 0.6) is 0 Å². The van der Waals surface area contributed by atoms with Gasteiger partial charge < -0.3 is 9.15 Å². The lowest BCUT2D eigenvalue weighted by atomic mass is 9.96. The molecule has 0 N–H and O–H groups in total. The van der Waals surface area contributed by atoms with E-state index in [4.69, 9.17) is 9.15 Å². The quantitative estimate of drug-likeness (QED) is 0.808. The third-order valence-electron chi connectivity index (χ3n) is 3.30. The average molecular weight is 321 g/mol. The van der Waals surface area contributed by atoms with Crippen molar-refractivity contribution in [2.45, 2.75) is 25.6 Å². The van der Waals surface area contributed by atoms with Gasteiger partial charge in [0.2, 0.25) is 5.78 Å². The third kappa shape index (κ3) is 2.80. The van der Waals surface area contributed by atoms with Gasteiger partial charge in [0.1, 0.15) is 0 Å². The SMILES string of the molecule is O=C(C[C@@H]1Cc2cc(Br)ccc2CO1)c1ccco1. The molecule has 1 aromatic heterocycles. The normalized spacial score (nSPS) is 18.1. The molecule has 0 saturated carbocycles. The Morgan fingerprint density at radius 1 is 1.32 bits per heavy atom. The molecule has 0 unspecified atom stereocenters. The minimum Gasteiger partial charge on any atom is -0.461 e. The third-order valence-corrected chi connectivity index (χ3v) is 3.79. The minimum absolute atomic E-state index is 0.00607. The van der Waals surface area contributed by atoms with Crippen molar-refractivity contribution in [3.05, 3.63) is 58.0 Å². The number of halogens is 1. The van der Waals surface area contributed by atoms with E-state index in [0.29, 0.717) is 18.8 Å².